The Balaban J connectivity index is 0.000000141. The Bertz CT molecular complexity index is 1450. The summed E-state index contributed by atoms with van der Waals surface area (Å²) in [6.45, 7) is 10.7. The number of ether oxygens (including phenoxy) is 1. The lowest BCUT2D eigenvalue weighted by Gasteiger charge is -2.39. The van der Waals surface area contributed by atoms with E-state index in [9.17, 15) is 9.59 Å². The van der Waals surface area contributed by atoms with E-state index in [2.05, 4.69) is 59.0 Å². The van der Waals surface area contributed by atoms with Crippen LogP contribution in [0.1, 0.15) is 46.3 Å². The van der Waals surface area contributed by atoms with Gasteiger partial charge >= 0.3 is 5.97 Å². The van der Waals surface area contributed by atoms with E-state index in [1.54, 1.807) is 13.0 Å². The number of hydrogen-bond donors (Lipinski definition) is 4. The highest BCUT2D eigenvalue weighted by Crippen LogP contribution is 2.28. The van der Waals surface area contributed by atoms with Crippen LogP contribution in [0.3, 0.4) is 0 Å². The third kappa shape index (κ3) is 11.2. The molecule has 3 fully saturated rings. The number of nitrogens with one attached hydrogen (secondary N) is 2. The summed E-state index contributed by atoms with van der Waals surface area (Å²) < 4.78 is 7.91. The van der Waals surface area contributed by atoms with E-state index in [0.29, 0.717) is 16.6 Å². The summed E-state index contributed by atoms with van der Waals surface area (Å²) in [7, 11) is 2.22. The average Bonchev–Trinajstić information content (AvgIpc) is 3.78. The molecule has 3 aliphatic heterocycles. The lowest BCUT2D eigenvalue weighted by atomic mass is 10.0. The van der Waals surface area contributed by atoms with E-state index >= 15 is 0 Å². The summed E-state index contributed by atoms with van der Waals surface area (Å²) in [6, 6.07) is 16.4. The number of hydrogen-bond acceptors (Lipinski definition) is 8. The van der Waals surface area contributed by atoms with Crippen molar-refractivity contribution in [3.05, 3.63) is 68.0 Å². The molecule has 5 N–H and O–H groups in total. The Kier molecular flexibility index (Phi) is 14.0. The molecule has 7 rings (SSSR count). The fraction of sp³-hybridized carbons (Fsp3) is 0.455. The molecule has 0 aliphatic carbocycles. The van der Waals surface area contributed by atoms with Gasteiger partial charge in [-0.25, -0.2) is 4.79 Å². The summed E-state index contributed by atoms with van der Waals surface area (Å²) >= 11 is 8.00. The number of benzene rings is 2. The lowest BCUT2D eigenvalue weighted by Crippen LogP contribution is -2.51. The second-order valence-electron chi connectivity index (χ2n) is 11.5. The lowest BCUT2D eigenvalue weighted by molar-refractivity contribution is 0.0702. The average molecular weight is 766 g/mol. The van der Waals surface area contributed by atoms with Crippen LogP contribution in [0, 0.1) is 0 Å². The fourth-order valence-electron chi connectivity index (χ4n) is 5.31. The molecule has 0 amide bonds. The van der Waals surface area contributed by atoms with Crippen molar-refractivity contribution in [2.24, 2.45) is 5.73 Å². The molecule has 0 bridgehead atoms. The number of aromatic amines is 1. The van der Waals surface area contributed by atoms with Gasteiger partial charge in [0, 0.05) is 76.3 Å². The second-order valence-corrected chi connectivity index (χ2v) is 14.4. The number of ketones is 1. The van der Waals surface area contributed by atoms with Gasteiger partial charge in [0.15, 0.2) is 5.78 Å². The first kappa shape index (κ1) is 35.7. The van der Waals surface area contributed by atoms with Crippen LogP contribution in [0.4, 0.5) is 0 Å². The Labute approximate surface area is 285 Å². The maximum atomic E-state index is 11.1. The van der Waals surface area contributed by atoms with Gasteiger partial charge in [0.25, 0.3) is 0 Å². The summed E-state index contributed by atoms with van der Waals surface area (Å²) in [4.78, 5) is 30.3. The maximum absolute atomic E-state index is 11.1. The molecule has 5 heterocycles. The number of piperazine rings is 1. The van der Waals surface area contributed by atoms with Crippen molar-refractivity contribution in [1.29, 1.82) is 0 Å². The summed E-state index contributed by atoms with van der Waals surface area (Å²) in [6.07, 6.45) is 3.74. The second kappa shape index (κ2) is 17.7. The zero-order chi connectivity index (χ0) is 32.3. The number of rotatable bonds is 3. The number of thiophene rings is 1. The third-order valence-corrected chi connectivity index (χ3v) is 10.1. The largest absolute Gasteiger partial charge is 0.477 e. The van der Waals surface area contributed by atoms with Crippen LogP contribution in [-0.4, -0.2) is 103 Å². The highest BCUT2D eigenvalue weighted by molar-refractivity contribution is 9.10. The molecule has 9 nitrogen and oxygen atoms in total. The maximum Gasteiger partial charge on any atom is 0.345 e. The Morgan fingerprint density at radius 2 is 1.62 bits per heavy atom. The van der Waals surface area contributed by atoms with Crippen LogP contribution in [0.25, 0.3) is 21.0 Å². The van der Waals surface area contributed by atoms with Crippen molar-refractivity contribution in [2.45, 2.75) is 38.3 Å². The number of fused-ring (bicyclic) bond motifs is 2. The number of H-pyrrole nitrogens is 1. The molecule has 4 aromatic rings. The molecule has 2 aromatic carbocycles. The quantitative estimate of drug-likeness (QED) is 0.182. The number of likely N-dealkylation sites (N-methyl/N-ethyl adjacent to an activating group) is 1. The number of piperidine rings is 1. The number of halogens is 2. The number of nitrogens with two attached hydrogens (primary N) is 1. The molecular formula is C33H43Br2N5O4S. The minimum absolute atomic E-state index is 0.0623. The molecule has 1 atom stereocenters. The zero-order valence-corrected chi connectivity index (χ0v) is 29.8. The molecule has 2 aromatic heterocycles. The van der Waals surface area contributed by atoms with Crippen molar-refractivity contribution < 1.29 is 19.4 Å². The van der Waals surface area contributed by atoms with Crippen LogP contribution >= 0.6 is 43.2 Å². The monoisotopic (exact) mass is 763 g/mol. The zero-order valence-electron chi connectivity index (χ0n) is 25.9. The van der Waals surface area contributed by atoms with Crippen LogP contribution in [0.5, 0.6) is 0 Å². The number of carboxylic acid groups (broad SMARTS) is 1. The number of aromatic carboxylic acids is 1. The van der Waals surface area contributed by atoms with Crippen LogP contribution in [0.15, 0.2) is 57.5 Å². The standard InChI is InChI=1S/C10H8BrNO.C10H21N3.C9H5BrO2S.C4H9NO/c1-6(13)9-4-7-2-3-8(11)5-10(7)12-9;1-12-6-8-13(9-7-12)10-2-4-11-5-3-10;10-6-2-1-5-3-8(9(11)12)13-7(5)4-6;5-4-1-2-6-3-4/h2-5,12H,1H3;10-11H,2-9H2,1H3;1-4H,(H,11,12);4H,1-3,5H2. The molecule has 3 aliphatic rings. The van der Waals surface area contributed by atoms with Gasteiger partial charge in [0.2, 0.25) is 0 Å². The highest BCUT2D eigenvalue weighted by Gasteiger charge is 2.23. The SMILES string of the molecule is CC(=O)c1cc2ccc(Br)cc2[nH]1.CN1CCN(C2CCNCC2)CC1.NC1CCOC1.O=C(O)c1cc2ccc(Br)cc2s1. The van der Waals surface area contributed by atoms with E-state index < -0.39 is 5.97 Å². The van der Waals surface area contributed by atoms with Gasteiger partial charge in [-0.15, -0.1) is 11.3 Å². The fourth-order valence-corrected chi connectivity index (χ4v) is 7.13. The molecule has 0 radical (unpaired) electrons. The van der Waals surface area contributed by atoms with Crippen molar-refractivity contribution in [1.82, 2.24) is 20.1 Å². The molecule has 12 heteroatoms. The number of nitrogens with zero attached hydrogens (tertiary/aromatic N) is 2. The Morgan fingerprint density at radius 3 is 2.20 bits per heavy atom. The number of carbonyl (C=O) groups excluding carboxylic acids is 1. The first-order valence-corrected chi connectivity index (χ1v) is 17.7. The Morgan fingerprint density at radius 1 is 0.956 bits per heavy atom. The van der Waals surface area contributed by atoms with Crippen LogP contribution in [0.2, 0.25) is 0 Å². The third-order valence-electron chi connectivity index (χ3n) is 7.98. The summed E-state index contributed by atoms with van der Waals surface area (Å²) in [5.74, 6) is -0.801. The normalized spacial score (nSPS) is 19.2. The number of carbonyl (C=O) groups is 2. The number of Topliss-reactive ketones (excluding diaryl/α,β-unsaturated/α-hetero) is 1. The van der Waals surface area contributed by atoms with Crippen molar-refractivity contribution in [3.63, 3.8) is 0 Å². The molecule has 3 saturated heterocycles. The van der Waals surface area contributed by atoms with Gasteiger partial charge in [-0.1, -0.05) is 44.0 Å². The van der Waals surface area contributed by atoms with Crippen molar-refractivity contribution in [2.75, 3.05) is 59.5 Å². The summed E-state index contributed by atoms with van der Waals surface area (Å²) in [5, 5.41) is 14.2. The minimum Gasteiger partial charge on any atom is -0.477 e. The molecule has 0 saturated carbocycles. The predicted molar refractivity (Wildman–Crippen MR) is 191 cm³/mol. The van der Waals surface area contributed by atoms with E-state index in [1.165, 1.54) is 63.4 Å². The van der Waals surface area contributed by atoms with Gasteiger partial charge in [-0.05, 0) is 81.2 Å². The molecule has 244 valence electrons. The molecule has 1 unspecified atom stereocenters. The molecule has 45 heavy (non-hydrogen) atoms. The Hall–Kier alpha value is -2.16. The van der Waals surface area contributed by atoms with E-state index in [0.717, 1.165) is 55.6 Å². The smallest absolute Gasteiger partial charge is 0.345 e. The van der Waals surface area contributed by atoms with E-state index in [-0.39, 0.29) is 5.78 Å². The first-order valence-electron chi connectivity index (χ1n) is 15.3. The first-order chi connectivity index (χ1) is 21.6. The number of carboxylic acids is 1. The minimum atomic E-state index is -0.864. The van der Waals surface area contributed by atoms with Gasteiger partial charge in [0.1, 0.15) is 4.88 Å². The highest BCUT2D eigenvalue weighted by atomic mass is 79.9. The van der Waals surface area contributed by atoms with E-state index in [4.69, 9.17) is 15.6 Å². The topological polar surface area (TPSA) is 124 Å². The predicted octanol–water partition coefficient (Wildman–Crippen LogP) is 6.21. The van der Waals surface area contributed by atoms with Gasteiger partial charge in [-0.2, -0.15) is 0 Å². The van der Waals surface area contributed by atoms with Gasteiger partial charge in [0.05, 0.1) is 12.3 Å². The molecule has 0 spiro atoms. The van der Waals surface area contributed by atoms with Gasteiger partial charge < -0.3 is 30.8 Å². The summed E-state index contributed by atoms with van der Waals surface area (Å²) in [5.41, 5.74) is 7.06. The van der Waals surface area contributed by atoms with Crippen LogP contribution < -0.4 is 11.1 Å². The molecular weight excluding hydrogens is 722 g/mol. The van der Waals surface area contributed by atoms with Crippen LogP contribution in [-0.2, 0) is 4.74 Å². The van der Waals surface area contributed by atoms with Gasteiger partial charge in [-0.3, -0.25) is 9.69 Å². The number of aromatic nitrogens is 1. The van der Waals surface area contributed by atoms with E-state index in [1.807, 2.05) is 42.5 Å². The van der Waals surface area contributed by atoms with Crippen molar-refractivity contribution in [3.8, 4) is 0 Å². The van der Waals surface area contributed by atoms with Crippen molar-refractivity contribution >= 4 is 75.9 Å².